The van der Waals surface area contributed by atoms with Gasteiger partial charge in [-0.1, -0.05) is 17.7 Å². The van der Waals surface area contributed by atoms with E-state index in [0.717, 1.165) is 17.7 Å². The van der Waals surface area contributed by atoms with Gasteiger partial charge in [-0.15, -0.1) is 4.83 Å². The van der Waals surface area contributed by atoms with Crippen LogP contribution in [-0.2, 0) is 11.0 Å². The van der Waals surface area contributed by atoms with Crippen molar-refractivity contribution in [1.29, 1.82) is 0 Å². The monoisotopic (exact) mass is 324 g/mol. The second-order valence-corrected chi connectivity index (χ2v) is 5.88. The van der Waals surface area contributed by atoms with Gasteiger partial charge >= 0.3 is 0 Å². The van der Waals surface area contributed by atoms with Crippen molar-refractivity contribution >= 4 is 16.9 Å². The molecule has 0 heterocycles. The molecule has 2 aromatic carbocycles. The minimum Gasteiger partial charge on any atom is -0.275 e. The topological polar surface area (TPSA) is 58.2 Å². The van der Waals surface area contributed by atoms with Crippen molar-refractivity contribution in [2.24, 2.45) is 0 Å². The number of halogens is 2. The molecule has 2 rings (SSSR count). The van der Waals surface area contributed by atoms with Gasteiger partial charge in [-0.25, -0.2) is 13.0 Å². The van der Waals surface area contributed by atoms with Crippen molar-refractivity contribution in [1.82, 2.24) is 10.3 Å². The second-order valence-electron chi connectivity index (χ2n) is 4.67. The third-order valence-corrected chi connectivity index (χ3v) is 4.06. The third kappa shape index (κ3) is 3.55. The zero-order chi connectivity index (χ0) is 16.3. The molecule has 1 unspecified atom stereocenters. The number of hydrazine groups is 1. The Morgan fingerprint density at radius 3 is 2.23 bits per heavy atom. The zero-order valence-corrected chi connectivity index (χ0v) is 12.8. The highest BCUT2D eigenvalue weighted by molar-refractivity contribution is 7.83. The number of nitrogens with one attached hydrogen (secondary N) is 2. The average Bonchev–Trinajstić information content (AvgIpc) is 2.49. The molecule has 0 radical (unpaired) electrons. The average molecular weight is 324 g/mol. The summed E-state index contributed by atoms with van der Waals surface area (Å²) < 4.78 is 39.0. The fourth-order valence-electron chi connectivity index (χ4n) is 1.81. The molecular weight excluding hydrogens is 310 g/mol. The largest absolute Gasteiger partial charge is 0.275 e. The Balaban J connectivity index is 2.09. The lowest BCUT2D eigenvalue weighted by Crippen LogP contribution is -2.39. The molecule has 1 atom stereocenters. The summed E-state index contributed by atoms with van der Waals surface area (Å²) >= 11 is 0. The highest BCUT2D eigenvalue weighted by Gasteiger charge is 2.18. The van der Waals surface area contributed by atoms with Gasteiger partial charge in [0.15, 0.2) is 0 Å². The first kappa shape index (κ1) is 16.3. The van der Waals surface area contributed by atoms with Gasteiger partial charge in [-0.2, -0.15) is 0 Å². The van der Waals surface area contributed by atoms with Gasteiger partial charge in [0.2, 0.25) is 0 Å². The summed E-state index contributed by atoms with van der Waals surface area (Å²) in [5.41, 5.74) is 2.59. The van der Waals surface area contributed by atoms with Crippen LogP contribution in [0.1, 0.15) is 21.5 Å². The fraction of sp³-hybridized carbons (Fsp3) is 0.133. The van der Waals surface area contributed by atoms with Crippen molar-refractivity contribution in [3.05, 3.63) is 64.7 Å². The van der Waals surface area contributed by atoms with Crippen molar-refractivity contribution in [2.75, 3.05) is 0 Å². The number of carbonyl (C=O) groups excluding carboxylic acids is 1. The van der Waals surface area contributed by atoms with Crippen molar-refractivity contribution in [2.45, 2.75) is 18.7 Å². The summed E-state index contributed by atoms with van der Waals surface area (Å²) in [6.07, 6.45) is 0. The quantitative estimate of drug-likeness (QED) is 0.849. The summed E-state index contributed by atoms with van der Waals surface area (Å²) in [6, 6.07) is 8.63. The van der Waals surface area contributed by atoms with Gasteiger partial charge in [0.25, 0.3) is 5.91 Å². The standard InChI is InChI=1S/C15H14F2N2O2S/c1-9-3-5-11(6-4-9)22(21)19-18-15(20)14-10(2)12(16)7-8-13(14)17/h3-8,19H,1-2H3,(H,18,20). The molecule has 116 valence electrons. The van der Waals surface area contributed by atoms with E-state index in [-0.39, 0.29) is 5.56 Å². The van der Waals surface area contributed by atoms with Gasteiger partial charge in [0.1, 0.15) is 22.6 Å². The number of hydrogen-bond donors (Lipinski definition) is 2. The van der Waals surface area contributed by atoms with Gasteiger partial charge in [0, 0.05) is 5.56 Å². The van der Waals surface area contributed by atoms with E-state index in [4.69, 9.17) is 0 Å². The van der Waals surface area contributed by atoms with Crippen LogP contribution in [0.25, 0.3) is 0 Å². The van der Waals surface area contributed by atoms with E-state index in [0.29, 0.717) is 4.90 Å². The molecule has 0 aromatic heterocycles. The first-order valence-corrected chi connectivity index (χ1v) is 7.54. The summed E-state index contributed by atoms with van der Waals surface area (Å²) in [6.45, 7) is 3.18. The number of aryl methyl sites for hydroxylation is 1. The molecule has 4 nitrogen and oxygen atoms in total. The highest BCUT2D eigenvalue weighted by atomic mass is 32.2. The normalized spacial score (nSPS) is 12.0. The summed E-state index contributed by atoms with van der Waals surface area (Å²) in [5.74, 6) is -2.43. The molecule has 2 aromatic rings. The van der Waals surface area contributed by atoms with Crippen LogP contribution < -0.4 is 10.3 Å². The predicted molar refractivity (Wildman–Crippen MR) is 79.3 cm³/mol. The predicted octanol–water partition coefficient (Wildman–Crippen LogP) is 2.54. The van der Waals surface area contributed by atoms with E-state index in [9.17, 15) is 17.8 Å². The SMILES string of the molecule is Cc1ccc(S(=O)NNC(=O)c2c(F)ccc(F)c2C)cc1. The lowest BCUT2D eigenvalue weighted by Gasteiger charge is -2.10. The molecule has 0 fully saturated rings. The number of benzene rings is 2. The van der Waals surface area contributed by atoms with Crippen LogP contribution in [0.3, 0.4) is 0 Å². The first-order valence-electron chi connectivity index (χ1n) is 6.39. The molecule has 0 aliphatic carbocycles. The van der Waals surface area contributed by atoms with Crippen LogP contribution >= 0.6 is 0 Å². The highest BCUT2D eigenvalue weighted by Crippen LogP contribution is 2.16. The van der Waals surface area contributed by atoms with E-state index in [1.807, 2.05) is 6.92 Å². The van der Waals surface area contributed by atoms with Crippen LogP contribution in [0.5, 0.6) is 0 Å². The van der Waals surface area contributed by atoms with Crippen LogP contribution in [0.4, 0.5) is 8.78 Å². The van der Waals surface area contributed by atoms with Crippen LogP contribution in [0, 0.1) is 25.5 Å². The van der Waals surface area contributed by atoms with E-state index in [1.165, 1.54) is 6.92 Å². The summed E-state index contributed by atoms with van der Waals surface area (Å²) in [5, 5.41) is 0. The van der Waals surface area contributed by atoms with Gasteiger partial charge in [-0.05, 0) is 38.1 Å². The fourth-order valence-corrected chi connectivity index (χ4v) is 2.49. The Labute approximate surface area is 129 Å². The number of rotatable bonds is 4. The lowest BCUT2D eigenvalue weighted by molar-refractivity contribution is 0.0941. The van der Waals surface area contributed by atoms with E-state index in [1.54, 1.807) is 24.3 Å². The molecule has 0 aliphatic heterocycles. The summed E-state index contributed by atoms with van der Waals surface area (Å²) in [7, 11) is -1.70. The van der Waals surface area contributed by atoms with Crippen LogP contribution in [0.15, 0.2) is 41.3 Å². The first-order chi connectivity index (χ1) is 10.4. The molecule has 0 aliphatic rings. The minimum atomic E-state index is -1.70. The smallest absolute Gasteiger partial charge is 0.269 e. The van der Waals surface area contributed by atoms with Gasteiger partial charge in [-0.3, -0.25) is 10.2 Å². The molecule has 0 saturated heterocycles. The van der Waals surface area contributed by atoms with E-state index >= 15 is 0 Å². The van der Waals surface area contributed by atoms with Crippen molar-refractivity contribution < 1.29 is 17.8 Å². The summed E-state index contributed by atoms with van der Waals surface area (Å²) in [4.78, 5) is 14.6. The Morgan fingerprint density at radius 2 is 1.59 bits per heavy atom. The second kappa shape index (κ2) is 6.76. The number of hydrogen-bond acceptors (Lipinski definition) is 2. The Bertz CT molecular complexity index is 733. The maximum Gasteiger partial charge on any atom is 0.269 e. The molecule has 0 spiro atoms. The molecule has 1 amide bonds. The van der Waals surface area contributed by atoms with E-state index in [2.05, 4.69) is 10.3 Å². The minimum absolute atomic E-state index is 0.111. The Morgan fingerprint density at radius 1 is 1.00 bits per heavy atom. The van der Waals surface area contributed by atoms with Crippen molar-refractivity contribution in [3.63, 3.8) is 0 Å². The third-order valence-electron chi connectivity index (χ3n) is 3.07. The number of amides is 1. The van der Waals surface area contributed by atoms with E-state index < -0.39 is 34.1 Å². The zero-order valence-electron chi connectivity index (χ0n) is 11.9. The Kier molecular flexibility index (Phi) is 4.99. The molecule has 0 saturated carbocycles. The number of carbonyl (C=O) groups is 1. The molecule has 0 bridgehead atoms. The Hall–Kier alpha value is -2.12. The molecule has 7 heteroatoms. The maximum atomic E-state index is 13.6. The maximum absolute atomic E-state index is 13.6. The van der Waals surface area contributed by atoms with Crippen LogP contribution in [-0.4, -0.2) is 10.1 Å². The molecular formula is C15H14F2N2O2S. The van der Waals surface area contributed by atoms with Gasteiger partial charge in [0.05, 0.1) is 10.5 Å². The lowest BCUT2D eigenvalue weighted by atomic mass is 10.1. The van der Waals surface area contributed by atoms with Crippen molar-refractivity contribution in [3.8, 4) is 0 Å². The van der Waals surface area contributed by atoms with Crippen LogP contribution in [0.2, 0.25) is 0 Å². The van der Waals surface area contributed by atoms with Gasteiger partial charge < -0.3 is 0 Å². The molecule has 22 heavy (non-hydrogen) atoms. The molecule has 2 N–H and O–H groups in total.